The number of anilines is 1. The first-order valence-corrected chi connectivity index (χ1v) is 7.60. The number of benzene rings is 1. The van der Waals surface area contributed by atoms with Gasteiger partial charge in [0.1, 0.15) is 0 Å². The SMILES string of the molecule is COc1ccc(NC(=O)CCC(=O)c2cccs2)cc1OC. The summed E-state index contributed by atoms with van der Waals surface area (Å²) in [6.45, 7) is 0. The normalized spacial score (nSPS) is 10.1. The summed E-state index contributed by atoms with van der Waals surface area (Å²) >= 11 is 1.38. The van der Waals surface area contributed by atoms with Crippen molar-refractivity contribution in [2.75, 3.05) is 19.5 Å². The number of thiophene rings is 1. The van der Waals surface area contributed by atoms with Crippen LogP contribution in [0.5, 0.6) is 11.5 Å². The van der Waals surface area contributed by atoms with Crippen molar-refractivity contribution in [2.45, 2.75) is 12.8 Å². The zero-order chi connectivity index (χ0) is 15.9. The highest BCUT2D eigenvalue weighted by Crippen LogP contribution is 2.29. The number of rotatable bonds is 7. The Labute approximate surface area is 132 Å². The third-order valence-electron chi connectivity index (χ3n) is 3.04. The average molecular weight is 319 g/mol. The molecule has 0 saturated heterocycles. The van der Waals surface area contributed by atoms with Gasteiger partial charge >= 0.3 is 0 Å². The zero-order valence-electron chi connectivity index (χ0n) is 12.4. The molecule has 0 aliphatic rings. The Kier molecular flexibility index (Phi) is 5.55. The van der Waals surface area contributed by atoms with Gasteiger partial charge in [-0.2, -0.15) is 0 Å². The number of carbonyl (C=O) groups excluding carboxylic acids is 2. The summed E-state index contributed by atoms with van der Waals surface area (Å²) in [4.78, 5) is 24.4. The van der Waals surface area contributed by atoms with Crippen LogP contribution in [0, 0.1) is 0 Å². The monoisotopic (exact) mass is 319 g/mol. The molecule has 0 spiro atoms. The molecule has 2 aromatic rings. The van der Waals surface area contributed by atoms with Gasteiger partial charge in [0.25, 0.3) is 0 Å². The first kappa shape index (κ1) is 16.0. The quantitative estimate of drug-likeness (QED) is 0.795. The second-order valence-electron chi connectivity index (χ2n) is 4.52. The van der Waals surface area contributed by atoms with Crippen molar-refractivity contribution < 1.29 is 19.1 Å². The number of hydrogen-bond acceptors (Lipinski definition) is 5. The highest BCUT2D eigenvalue weighted by atomic mass is 32.1. The summed E-state index contributed by atoms with van der Waals surface area (Å²) in [5, 5.41) is 4.59. The van der Waals surface area contributed by atoms with E-state index in [1.165, 1.54) is 18.4 Å². The first-order valence-electron chi connectivity index (χ1n) is 6.72. The number of carbonyl (C=O) groups is 2. The molecule has 1 heterocycles. The Morgan fingerprint density at radius 1 is 1.09 bits per heavy atom. The van der Waals surface area contributed by atoms with E-state index in [1.807, 2.05) is 11.4 Å². The van der Waals surface area contributed by atoms with Crippen LogP contribution in [0.25, 0.3) is 0 Å². The molecule has 0 unspecified atom stereocenters. The summed E-state index contributed by atoms with van der Waals surface area (Å²) in [5.41, 5.74) is 0.603. The summed E-state index contributed by atoms with van der Waals surface area (Å²) in [5.74, 6) is 0.901. The highest BCUT2D eigenvalue weighted by Gasteiger charge is 2.11. The molecule has 1 aromatic heterocycles. The molecule has 0 atom stereocenters. The van der Waals surface area contributed by atoms with E-state index >= 15 is 0 Å². The topological polar surface area (TPSA) is 64.6 Å². The van der Waals surface area contributed by atoms with Crippen LogP contribution in [-0.4, -0.2) is 25.9 Å². The molecule has 1 aromatic carbocycles. The predicted octanol–water partition coefficient (Wildman–Crippen LogP) is 3.37. The summed E-state index contributed by atoms with van der Waals surface area (Å²) < 4.78 is 10.3. The second kappa shape index (κ2) is 7.61. The van der Waals surface area contributed by atoms with Crippen LogP contribution < -0.4 is 14.8 Å². The molecule has 0 aliphatic heterocycles. The number of ketones is 1. The van der Waals surface area contributed by atoms with Crippen LogP contribution in [0.3, 0.4) is 0 Å². The van der Waals surface area contributed by atoms with Gasteiger partial charge in [-0.25, -0.2) is 0 Å². The minimum atomic E-state index is -0.211. The molecule has 0 radical (unpaired) electrons. The Morgan fingerprint density at radius 3 is 2.50 bits per heavy atom. The standard InChI is InChI=1S/C16H17NO4S/c1-20-13-7-5-11(10-14(13)21-2)17-16(19)8-6-12(18)15-4-3-9-22-15/h3-5,7,9-10H,6,8H2,1-2H3,(H,17,19). The molecule has 0 aliphatic carbocycles. The van der Waals surface area contributed by atoms with E-state index in [9.17, 15) is 9.59 Å². The maximum absolute atomic E-state index is 11.9. The molecule has 116 valence electrons. The Hall–Kier alpha value is -2.34. The highest BCUT2D eigenvalue weighted by molar-refractivity contribution is 7.12. The maximum atomic E-state index is 11.9. The third kappa shape index (κ3) is 4.08. The van der Waals surface area contributed by atoms with E-state index in [0.29, 0.717) is 22.1 Å². The lowest BCUT2D eigenvalue weighted by Gasteiger charge is -2.10. The van der Waals surface area contributed by atoms with Crippen LogP contribution in [-0.2, 0) is 4.79 Å². The van der Waals surface area contributed by atoms with E-state index in [1.54, 1.807) is 31.4 Å². The molecule has 1 N–H and O–H groups in total. The average Bonchev–Trinajstić information content (AvgIpc) is 3.07. The van der Waals surface area contributed by atoms with Crippen molar-refractivity contribution in [2.24, 2.45) is 0 Å². The van der Waals surface area contributed by atoms with E-state index in [-0.39, 0.29) is 24.5 Å². The fraction of sp³-hybridized carbons (Fsp3) is 0.250. The van der Waals surface area contributed by atoms with Crippen molar-refractivity contribution in [1.29, 1.82) is 0 Å². The molecule has 1 amide bonds. The molecule has 0 fully saturated rings. The van der Waals surface area contributed by atoms with Crippen molar-refractivity contribution >= 4 is 28.7 Å². The van der Waals surface area contributed by atoms with E-state index < -0.39 is 0 Å². The second-order valence-corrected chi connectivity index (χ2v) is 5.47. The first-order chi connectivity index (χ1) is 10.6. The fourth-order valence-electron chi connectivity index (χ4n) is 1.92. The molecule has 2 rings (SSSR count). The minimum absolute atomic E-state index is 0.0162. The van der Waals surface area contributed by atoms with Crippen LogP contribution in [0.15, 0.2) is 35.7 Å². The lowest BCUT2D eigenvalue weighted by atomic mass is 10.2. The van der Waals surface area contributed by atoms with Gasteiger partial charge in [-0.15, -0.1) is 11.3 Å². The summed E-state index contributed by atoms with van der Waals surface area (Å²) in [7, 11) is 3.08. The molecule has 5 nitrogen and oxygen atoms in total. The number of hydrogen-bond donors (Lipinski definition) is 1. The van der Waals surface area contributed by atoms with Gasteiger partial charge in [0.2, 0.25) is 5.91 Å². The zero-order valence-corrected chi connectivity index (χ0v) is 13.2. The van der Waals surface area contributed by atoms with Crippen LogP contribution >= 0.6 is 11.3 Å². The molecular formula is C16H17NO4S. The smallest absolute Gasteiger partial charge is 0.224 e. The lowest BCUT2D eigenvalue weighted by molar-refractivity contribution is -0.116. The maximum Gasteiger partial charge on any atom is 0.224 e. The number of ether oxygens (including phenoxy) is 2. The summed E-state index contributed by atoms with van der Waals surface area (Å²) in [6, 6.07) is 8.70. The molecular weight excluding hydrogens is 302 g/mol. The van der Waals surface area contributed by atoms with Crippen molar-refractivity contribution in [1.82, 2.24) is 0 Å². The molecule has 22 heavy (non-hydrogen) atoms. The lowest BCUT2D eigenvalue weighted by Crippen LogP contribution is -2.13. The number of Topliss-reactive ketones (excluding diaryl/α,β-unsaturated/α-hetero) is 1. The van der Waals surface area contributed by atoms with Gasteiger partial charge in [-0.3, -0.25) is 9.59 Å². The third-order valence-corrected chi connectivity index (χ3v) is 3.95. The van der Waals surface area contributed by atoms with Crippen LogP contribution in [0.1, 0.15) is 22.5 Å². The minimum Gasteiger partial charge on any atom is -0.493 e. The van der Waals surface area contributed by atoms with Crippen molar-refractivity contribution in [3.05, 3.63) is 40.6 Å². The van der Waals surface area contributed by atoms with Gasteiger partial charge in [-0.05, 0) is 23.6 Å². The van der Waals surface area contributed by atoms with Gasteiger partial charge < -0.3 is 14.8 Å². The summed E-state index contributed by atoms with van der Waals surface area (Å²) in [6.07, 6.45) is 0.338. The van der Waals surface area contributed by atoms with Gasteiger partial charge in [-0.1, -0.05) is 6.07 Å². The molecule has 6 heteroatoms. The van der Waals surface area contributed by atoms with Crippen molar-refractivity contribution in [3.63, 3.8) is 0 Å². The largest absolute Gasteiger partial charge is 0.493 e. The van der Waals surface area contributed by atoms with Crippen LogP contribution in [0.2, 0.25) is 0 Å². The Balaban J connectivity index is 1.90. The van der Waals surface area contributed by atoms with E-state index in [0.717, 1.165) is 0 Å². The van der Waals surface area contributed by atoms with Gasteiger partial charge in [0.15, 0.2) is 17.3 Å². The number of amides is 1. The Morgan fingerprint density at radius 2 is 1.86 bits per heavy atom. The Bertz CT molecular complexity index is 652. The number of nitrogens with one attached hydrogen (secondary N) is 1. The van der Waals surface area contributed by atoms with Crippen LogP contribution in [0.4, 0.5) is 5.69 Å². The van der Waals surface area contributed by atoms with E-state index in [4.69, 9.17) is 9.47 Å². The van der Waals surface area contributed by atoms with E-state index in [2.05, 4.69) is 5.32 Å². The van der Waals surface area contributed by atoms with Gasteiger partial charge in [0.05, 0.1) is 19.1 Å². The predicted molar refractivity (Wildman–Crippen MR) is 86.1 cm³/mol. The molecule has 0 bridgehead atoms. The van der Waals surface area contributed by atoms with Crippen molar-refractivity contribution in [3.8, 4) is 11.5 Å². The molecule has 0 saturated carbocycles. The number of methoxy groups -OCH3 is 2. The van der Waals surface area contributed by atoms with Gasteiger partial charge in [0, 0.05) is 24.6 Å². The fourth-order valence-corrected chi connectivity index (χ4v) is 2.62.